The maximum Gasteiger partial charge on any atom is 0.109 e. The Morgan fingerprint density at radius 2 is 2.33 bits per heavy atom. The molecule has 116 valence electrons. The molecule has 0 amide bonds. The summed E-state index contributed by atoms with van der Waals surface area (Å²) < 4.78 is 2.27. The van der Waals surface area contributed by atoms with Crippen molar-refractivity contribution < 1.29 is 0 Å². The topological polar surface area (TPSA) is 53.6 Å². The minimum Gasteiger partial charge on any atom is -0.335 e. The monoisotopic (exact) mass is 288 g/mol. The molecule has 0 aromatic carbocycles. The highest BCUT2D eigenvalue weighted by molar-refractivity contribution is 5.14. The van der Waals surface area contributed by atoms with E-state index in [0.29, 0.717) is 5.92 Å². The molecule has 2 atom stereocenters. The molecule has 0 aliphatic heterocycles. The van der Waals surface area contributed by atoms with Crippen molar-refractivity contribution in [1.82, 2.24) is 14.9 Å². The molecule has 1 aliphatic carbocycles. The van der Waals surface area contributed by atoms with Gasteiger partial charge in [-0.05, 0) is 44.6 Å². The number of nitrogens with one attached hydrogen (secondary N) is 1. The minimum atomic E-state index is -0.290. The summed E-state index contributed by atoms with van der Waals surface area (Å²) in [5, 5.41) is 13.2. The third-order valence-corrected chi connectivity index (χ3v) is 4.70. The van der Waals surface area contributed by atoms with E-state index in [-0.39, 0.29) is 5.54 Å². The summed E-state index contributed by atoms with van der Waals surface area (Å²) in [6.45, 7) is 6.27. The highest BCUT2D eigenvalue weighted by Crippen LogP contribution is 2.38. The Kier molecular flexibility index (Phi) is 5.81. The molecule has 0 spiro atoms. The van der Waals surface area contributed by atoms with Crippen LogP contribution in [0.1, 0.15) is 58.2 Å². The smallest absolute Gasteiger partial charge is 0.109 e. The summed E-state index contributed by atoms with van der Waals surface area (Å²) in [4.78, 5) is 4.44. The van der Waals surface area contributed by atoms with Gasteiger partial charge < -0.3 is 4.57 Å². The van der Waals surface area contributed by atoms with Crippen LogP contribution in [0.25, 0.3) is 0 Å². The fourth-order valence-corrected chi connectivity index (χ4v) is 3.53. The maximum absolute atomic E-state index is 9.68. The van der Waals surface area contributed by atoms with Gasteiger partial charge in [-0.3, -0.25) is 5.32 Å². The summed E-state index contributed by atoms with van der Waals surface area (Å²) >= 11 is 0. The Hall–Kier alpha value is -1.34. The Bertz CT molecular complexity index is 473. The first-order chi connectivity index (χ1) is 10.3. The number of nitrogens with zero attached hydrogens (tertiary/aromatic N) is 3. The predicted octanol–water partition coefficient (Wildman–Crippen LogP) is 3.29. The van der Waals surface area contributed by atoms with Gasteiger partial charge in [-0.1, -0.05) is 20.3 Å². The van der Waals surface area contributed by atoms with E-state index in [1.807, 2.05) is 6.20 Å². The second-order valence-electron chi connectivity index (χ2n) is 6.17. The Balaban J connectivity index is 1.97. The molecule has 4 nitrogen and oxygen atoms in total. The second-order valence-corrected chi connectivity index (χ2v) is 6.17. The number of aromatic nitrogens is 2. The van der Waals surface area contributed by atoms with Gasteiger partial charge in [0.25, 0.3) is 0 Å². The van der Waals surface area contributed by atoms with Crippen molar-refractivity contribution in [3.05, 3.63) is 18.2 Å². The number of hydrogen-bond donors (Lipinski definition) is 1. The van der Waals surface area contributed by atoms with Gasteiger partial charge in [0, 0.05) is 25.4 Å². The van der Waals surface area contributed by atoms with Gasteiger partial charge in [0.2, 0.25) is 0 Å². The van der Waals surface area contributed by atoms with E-state index in [1.54, 1.807) is 0 Å². The molecule has 1 fully saturated rings. The lowest BCUT2D eigenvalue weighted by molar-refractivity contribution is 0.289. The van der Waals surface area contributed by atoms with E-state index in [9.17, 15) is 5.26 Å². The summed E-state index contributed by atoms with van der Waals surface area (Å²) in [7, 11) is 0. The van der Waals surface area contributed by atoms with E-state index in [1.165, 1.54) is 18.7 Å². The van der Waals surface area contributed by atoms with Gasteiger partial charge >= 0.3 is 0 Å². The maximum atomic E-state index is 9.68. The molecule has 0 bridgehead atoms. The molecule has 2 rings (SSSR count). The quantitative estimate of drug-likeness (QED) is 0.798. The molecule has 0 saturated heterocycles. The number of nitriles is 1. The molecule has 21 heavy (non-hydrogen) atoms. The molecular weight excluding hydrogens is 260 g/mol. The van der Waals surface area contributed by atoms with Gasteiger partial charge in [0.1, 0.15) is 11.4 Å². The molecule has 1 aliphatic rings. The van der Waals surface area contributed by atoms with Crippen LogP contribution >= 0.6 is 0 Å². The zero-order valence-electron chi connectivity index (χ0n) is 13.4. The first kappa shape index (κ1) is 16.0. The van der Waals surface area contributed by atoms with Crippen molar-refractivity contribution in [3.63, 3.8) is 0 Å². The van der Waals surface area contributed by atoms with E-state index in [4.69, 9.17) is 0 Å². The first-order valence-corrected chi connectivity index (χ1v) is 8.42. The van der Waals surface area contributed by atoms with Gasteiger partial charge in [0.15, 0.2) is 0 Å². The van der Waals surface area contributed by atoms with Gasteiger partial charge in [0.05, 0.1) is 6.07 Å². The standard InChI is InChI=1S/C17H28N4/c1-3-6-16-19-11-13-21(16)12-8-15-7-5-9-17(15,14-18)20-10-4-2/h11,13,15,20H,3-10,12H2,1-2H3. The van der Waals surface area contributed by atoms with E-state index >= 15 is 0 Å². The lowest BCUT2D eigenvalue weighted by Crippen LogP contribution is -2.47. The van der Waals surface area contributed by atoms with Crippen LogP contribution in [-0.2, 0) is 13.0 Å². The zero-order chi connectivity index (χ0) is 15.1. The van der Waals surface area contributed by atoms with Crippen LogP contribution in [0.2, 0.25) is 0 Å². The van der Waals surface area contributed by atoms with Crippen LogP contribution in [0, 0.1) is 17.2 Å². The Morgan fingerprint density at radius 3 is 3.05 bits per heavy atom. The van der Waals surface area contributed by atoms with Gasteiger partial charge in [-0.25, -0.2) is 4.98 Å². The number of aryl methyl sites for hydroxylation is 2. The summed E-state index contributed by atoms with van der Waals surface area (Å²) in [5.74, 6) is 1.64. The van der Waals surface area contributed by atoms with Crippen LogP contribution in [0.4, 0.5) is 0 Å². The van der Waals surface area contributed by atoms with Crippen LogP contribution in [0.5, 0.6) is 0 Å². The number of imidazole rings is 1. The summed E-state index contributed by atoms with van der Waals surface area (Å²) in [5.41, 5.74) is -0.290. The largest absolute Gasteiger partial charge is 0.335 e. The Morgan fingerprint density at radius 1 is 1.48 bits per heavy atom. The molecule has 1 aromatic rings. The van der Waals surface area contributed by atoms with E-state index in [0.717, 1.165) is 45.2 Å². The van der Waals surface area contributed by atoms with Crippen molar-refractivity contribution in [2.75, 3.05) is 6.54 Å². The van der Waals surface area contributed by atoms with E-state index < -0.39 is 0 Å². The molecule has 1 N–H and O–H groups in total. The van der Waals surface area contributed by atoms with Crippen molar-refractivity contribution in [3.8, 4) is 6.07 Å². The lowest BCUT2D eigenvalue weighted by atomic mass is 9.85. The third-order valence-electron chi connectivity index (χ3n) is 4.70. The fourth-order valence-electron chi connectivity index (χ4n) is 3.53. The zero-order valence-corrected chi connectivity index (χ0v) is 13.4. The van der Waals surface area contributed by atoms with Crippen molar-refractivity contribution in [2.45, 2.75) is 70.9 Å². The van der Waals surface area contributed by atoms with Crippen LogP contribution in [-0.4, -0.2) is 21.6 Å². The van der Waals surface area contributed by atoms with Gasteiger partial charge in [-0.2, -0.15) is 5.26 Å². The van der Waals surface area contributed by atoms with E-state index in [2.05, 4.69) is 41.0 Å². The average molecular weight is 288 g/mol. The SMILES string of the molecule is CCCNC1(C#N)CCCC1CCn1ccnc1CCC. The number of hydrogen-bond acceptors (Lipinski definition) is 3. The molecule has 1 heterocycles. The van der Waals surface area contributed by atoms with Crippen molar-refractivity contribution in [1.29, 1.82) is 5.26 Å². The molecule has 2 unspecified atom stereocenters. The highest BCUT2D eigenvalue weighted by Gasteiger charge is 2.42. The molecular formula is C17H28N4. The summed E-state index contributed by atoms with van der Waals surface area (Å²) in [6.07, 6.45) is 11.6. The van der Waals surface area contributed by atoms with Crippen LogP contribution in [0.15, 0.2) is 12.4 Å². The Labute approximate surface area is 128 Å². The summed E-state index contributed by atoms with van der Waals surface area (Å²) in [6, 6.07) is 2.60. The molecule has 4 heteroatoms. The van der Waals surface area contributed by atoms with Gasteiger partial charge in [-0.15, -0.1) is 0 Å². The first-order valence-electron chi connectivity index (χ1n) is 8.42. The molecule has 1 aromatic heterocycles. The predicted molar refractivity (Wildman–Crippen MR) is 84.8 cm³/mol. The van der Waals surface area contributed by atoms with Crippen LogP contribution < -0.4 is 5.32 Å². The van der Waals surface area contributed by atoms with Crippen molar-refractivity contribution in [2.24, 2.45) is 5.92 Å². The van der Waals surface area contributed by atoms with Crippen molar-refractivity contribution >= 4 is 0 Å². The lowest BCUT2D eigenvalue weighted by Gasteiger charge is -2.30. The highest BCUT2D eigenvalue weighted by atomic mass is 15.1. The average Bonchev–Trinajstić information content (AvgIpc) is 3.10. The second kappa shape index (κ2) is 7.61. The fraction of sp³-hybridized carbons (Fsp3) is 0.765. The molecule has 1 saturated carbocycles. The number of rotatable bonds is 8. The third kappa shape index (κ3) is 3.65. The minimum absolute atomic E-state index is 0.290. The molecule has 0 radical (unpaired) electrons. The van der Waals surface area contributed by atoms with Crippen LogP contribution in [0.3, 0.4) is 0 Å². The normalized spacial score (nSPS) is 25.1.